The number of hydrogen-bond acceptors (Lipinski definition) is 17. The summed E-state index contributed by atoms with van der Waals surface area (Å²) < 4.78 is 22.2. The zero-order valence-corrected chi connectivity index (χ0v) is 42.0. The summed E-state index contributed by atoms with van der Waals surface area (Å²) in [7, 11) is 14.3. The minimum Gasteiger partial charge on any atom is -0.493 e. The van der Waals surface area contributed by atoms with Crippen molar-refractivity contribution in [2.24, 2.45) is 0 Å². The molecule has 17 nitrogen and oxygen atoms in total. The minimum absolute atomic E-state index is 0.233. The molecule has 2 unspecified atom stereocenters. The van der Waals surface area contributed by atoms with E-state index in [0.29, 0.717) is 94.5 Å². The van der Waals surface area contributed by atoms with E-state index < -0.39 is 0 Å². The van der Waals surface area contributed by atoms with Gasteiger partial charge in [-0.2, -0.15) is 9.97 Å². The molecule has 70 heavy (non-hydrogen) atoms. The molecule has 2 atom stereocenters. The number of hydrogen-bond donors (Lipinski definition) is 4. The number of rotatable bonds is 20. The molecule has 4 heterocycles. The Labute approximate surface area is 411 Å². The molecule has 2 aliphatic heterocycles. The van der Waals surface area contributed by atoms with Crippen LogP contribution in [0.4, 0.5) is 23.5 Å². The lowest BCUT2D eigenvalue weighted by Crippen LogP contribution is -2.61. The Morgan fingerprint density at radius 2 is 0.929 bits per heavy atom. The summed E-state index contributed by atoms with van der Waals surface area (Å²) in [6.45, 7) is 5.41. The van der Waals surface area contributed by atoms with E-state index >= 15 is 4.79 Å². The Balaban J connectivity index is 0.998. The molecule has 2 saturated heterocycles. The van der Waals surface area contributed by atoms with Gasteiger partial charge in [0.05, 0.1) is 51.6 Å². The number of anilines is 4. The predicted molar refractivity (Wildman–Crippen MR) is 279 cm³/mol. The first kappa shape index (κ1) is 49.9. The van der Waals surface area contributed by atoms with Gasteiger partial charge >= 0.3 is 0 Å². The summed E-state index contributed by atoms with van der Waals surface area (Å²) in [5.41, 5.74) is 16.5. The lowest BCUT2D eigenvalue weighted by atomic mass is 9.71. The monoisotopic (exact) mass is 955 g/mol. The molecule has 0 aliphatic carbocycles. The third-order valence-corrected chi connectivity index (χ3v) is 14.8. The fourth-order valence-corrected chi connectivity index (χ4v) is 10.9. The van der Waals surface area contributed by atoms with Crippen LogP contribution in [-0.2, 0) is 15.6 Å². The molecule has 6 aromatic rings. The van der Waals surface area contributed by atoms with Crippen LogP contribution in [0.15, 0.2) is 84.9 Å². The fraction of sp³-hybridized carbons (Fsp3) is 0.453. The van der Waals surface area contributed by atoms with E-state index in [-0.39, 0.29) is 28.7 Å². The number of methoxy groups -OCH3 is 4. The average molecular weight is 955 g/mol. The first-order chi connectivity index (χ1) is 33.9. The van der Waals surface area contributed by atoms with Crippen molar-refractivity contribution in [3.05, 3.63) is 96.1 Å². The molecular formula is C53H70N12O5. The maximum Gasteiger partial charge on any atom is 0.227 e. The number of benzene rings is 4. The van der Waals surface area contributed by atoms with E-state index in [4.69, 9.17) is 50.4 Å². The van der Waals surface area contributed by atoms with Crippen LogP contribution in [-0.4, -0.2) is 157 Å². The molecule has 2 aliphatic rings. The largest absolute Gasteiger partial charge is 0.493 e. The Bertz CT molecular complexity index is 2550. The zero-order valence-electron chi connectivity index (χ0n) is 42.0. The van der Waals surface area contributed by atoms with E-state index in [1.165, 1.54) is 11.1 Å². The second-order valence-corrected chi connectivity index (χ2v) is 18.9. The van der Waals surface area contributed by atoms with Gasteiger partial charge in [-0.05, 0) is 89.2 Å². The summed E-state index contributed by atoms with van der Waals surface area (Å²) in [5.74, 6) is 4.33. The number of carbonyl (C=O) groups excluding carboxylic acids is 1. The smallest absolute Gasteiger partial charge is 0.227 e. The highest BCUT2D eigenvalue weighted by molar-refractivity contribution is 5.93. The van der Waals surface area contributed by atoms with Gasteiger partial charge in [0.25, 0.3) is 0 Å². The highest BCUT2D eigenvalue weighted by Gasteiger charge is 2.45. The van der Waals surface area contributed by atoms with Crippen LogP contribution in [0.25, 0.3) is 21.8 Å². The van der Waals surface area contributed by atoms with Crippen molar-refractivity contribution in [1.82, 2.24) is 40.4 Å². The molecule has 17 heteroatoms. The number of carbonyl (C=O) groups is 1. The van der Waals surface area contributed by atoms with Crippen LogP contribution in [0, 0.1) is 0 Å². The van der Waals surface area contributed by atoms with Gasteiger partial charge in [-0.25, -0.2) is 9.97 Å². The number of likely N-dealkylation sites (tertiary alicyclic amines) is 2. The number of nitrogens with zero attached hydrogens (tertiary/aromatic N) is 8. The summed E-state index contributed by atoms with van der Waals surface area (Å²) >= 11 is 0. The molecule has 0 saturated carbocycles. The number of ether oxygens (including phenoxy) is 4. The topological polar surface area (TPSA) is 195 Å². The second kappa shape index (κ2) is 21.6. The van der Waals surface area contributed by atoms with Crippen molar-refractivity contribution in [1.29, 1.82) is 0 Å². The van der Waals surface area contributed by atoms with Crippen molar-refractivity contribution in [3.8, 4) is 23.0 Å². The van der Waals surface area contributed by atoms with E-state index in [1.807, 2.05) is 52.5 Å². The van der Waals surface area contributed by atoms with Crippen LogP contribution in [0.1, 0.15) is 36.8 Å². The fourth-order valence-electron chi connectivity index (χ4n) is 10.9. The van der Waals surface area contributed by atoms with E-state index in [2.05, 4.69) is 90.9 Å². The third-order valence-electron chi connectivity index (χ3n) is 14.8. The number of nitrogen functional groups attached to an aromatic ring is 2. The van der Waals surface area contributed by atoms with Crippen molar-refractivity contribution < 1.29 is 23.7 Å². The first-order valence-corrected chi connectivity index (χ1v) is 24.1. The highest BCUT2D eigenvalue weighted by atomic mass is 16.5. The van der Waals surface area contributed by atoms with Crippen LogP contribution >= 0.6 is 0 Å². The SMILES string of the molecule is CNCC(C(=O)C(CNC)N1CCC(CN(C)c2nc(N)c3cc(OC)c(OC)cc3n2)(c2ccccc2)CC1)N1CCC(CN(C)c2nc(N)c3cc(OC)c(OC)cc3n2)(c2ccccc2)CC1. The first-order valence-electron chi connectivity index (χ1n) is 24.1. The predicted octanol–water partition coefficient (Wildman–Crippen LogP) is 5.16. The Morgan fingerprint density at radius 3 is 1.26 bits per heavy atom. The molecule has 4 aromatic carbocycles. The number of nitrogens with two attached hydrogens (primary N) is 2. The molecule has 0 radical (unpaired) electrons. The molecule has 0 spiro atoms. The quantitative estimate of drug-likeness (QED) is 0.0784. The number of likely N-dealkylation sites (N-methyl/N-ethyl adjacent to an activating group) is 4. The van der Waals surface area contributed by atoms with Gasteiger partial charge in [0.1, 0.15) is 11.6 Å². The summed E-state index contributed by atoms with van der Waals surface area (Å²) in [5, 5.41) is 8.19. The van der Waals surface area contributed by atoms with Crippen LogP contribution in [0.5, 0.6) is 23.0 Å². The Hall–Kier alpha value is -6.53. The number of nitrogens with one attached hydrogen (secondary N) is 2. The normalized spacial score (nSPS) is 16.9. The Kier molecular flexibility index (Phi) is 15.4. The van der Waals surface area contributed by atoms with Gasteiger partial charge < -0.3 is 50.8 Å². The standard InChI is InChI=1S/C53H70N12O5/c1-56-31-41(64-23-19-52(20-24-64,35-15-11-9-12-16-35)33-62(3)50-58-39-29-45(69-7)43(67-5)27-37(39)48(54)60-50)47(66)42(32-57-2)65-25-21-53(22-26-65,36-17-13-10-14-18-36)34-63(4)51-59-40-30-46(70-8)44(68-6)28-38(40)49(55)61-51/h9-18,27-30,41-42,56-57H,19-26,31-34H2,1-8H3,(H2,54,58,60)(H2,55,59,61). The average Bonchev–Trinajstić information content (AvgIpc) is 3.39. The number of fused-ring (bicyclic) bond motifs is 2. The summed E-state index contributed by atoms with van der Waals surface area (Å²) in [6, 6.07) is 28.1. The molecule has 6 N–H and O–H groups in total. The maximum atomic E-state index is 15.2. The van der Waals surface area contributed by atoms with Crippen molar-refractivity contribution >= 4 is 51.1 Å². The van der Waals surface area contributed by atoms with Crippen molar-refractivity contribution in [2.75, 3.05) is 130 Å². The Morgan fingerprint density at radius 1 is 0.586 bits per heavy atom. The van der Waals surface area contributed by atoms with Crippen LogP contribution in [0.3, 0.4) is 0 Å². The molecule has 0 bridgehead atoms. The second-order valence-electron chi connectivity index (χ2n) is 18.9. The number of aromatic nitrogens is 4. The molecule has 0 amide bonds. The number of Topliss-reactive ketones (excluding diaryl/α,β-unsaturated/α-hetero) is 1. The number of ketones is 1. The van der Waals surface area contributed by atoms with Crippen LogP contribution in [0.2, 0.25) is 0 Å². The zero-order chi connectivity index (χ0) is 49.6. The van der Waals surface area contributed by atoms with Gasteiger partial charge in [-0.15, -0.1) is 0 Å². The number of piperidine rings is 2. The van der Waals surface area contributed by atoms with Crippen LogP contribution < -0.4 is 50.8 Å². The van der Waals surface area contributed by atoms with Crippen molar-refractivity contribution in [3.63, 3.8) is 0 Å². The lowest BCUT2D eigenvalue weighted by molar-refractivity contribution is -0.131. The maximum absolute atomic E-state index is 15.2. The summed E-state index contributed by atoms with van der Waals surface area (Å²) in [4.78, 5) is 43.7. The lowest BCUT2D eigenvalue weighted by Gasteiger charge is -2.48. The third kappa shape index (κ3) is 10.1. The molecule has 372 valence electrons. The molecule has 2 aromatic heterocycles. The van der Waals surface area contributed by atoms with Gasteiger partial charge in [-0.1, -0.05) is 60.7 Å². The minimum atomic E-state index is -0.313. The summed E-state index contributed by atoms with van der Waals surface area (Å²) in [6.07, 6.45) is 3.35. The van der Waals surface area contributed by atoms with E-state index in [1.54, 1.807) is 28.4 Å². The molecule has 8 rings (SSSR count). The molecular weight excluding hydrogens is 885 g/mol. The molecule has 2 fully saturated rings. The highest BCUT2D eigenvalue weighted by Crippen LogP contribution is 2.41. The van der Waals surface area contributed by atoms with E-state index in [0.717, 1.165) is 51.9 Å². The van der Waals surface area contributed by atoms with Gasteiger partial charge in [0.15, 0.2) is 28.8 Å². The van der Waals surface area contributed by atoms with Gasteiger partial charge in [-0.3, -0.25) is 14.6 Å². The van der Waals surface area contributed by atoms with Gasteiger partial charge in [0, 0.05) is 74.0 Å². The van der Waals surface area contributed by atoms with E-state index in [9.17, 15) is 0 Å². The van der Waals surface area contributed by atoms with Gasteiger partial charge in [0.2, 0.25) is 11.9 Å². The van der Waals surface area contributed by atoms with Crippen molar-refractivity contribution in [2.45, 2.75) is 48.6 Å².